The molecule has 0 atom stereocenters. The Labute approximate surface area is 121 Å². The molecule has 1 N–H and O–H groups in total. The van der Waals surface area contributed by atoms with E-state index in [1.54, 1.807) is 0 Å². The fraction of sp³-hybridized carbons (Fsp3) is 0.600. The molecule has 0 spiro atoms. The average molecular weight is 297 g/mol. The highest BCUT2D eigenvalue weighted by molar-refractivity contribution is 7.89. The van der Waals surface area contributed by atoms with E-state index < -0.39 is 10.0 Å². The molecule has 112 valence electrons. The van der Waals surface area contributed by atoms with Crippen LogP contribution >= 0.6 is 0 Å². The molecule has 0 amide bonds. The number of nitrogens with one attached hydrogen (secondary N) is 1. The molecule has 4 nitrogen and oxygen atoms in total. The molecule has 1 heterocycles. The summed E-state index contributed by atoms with van der Waals surface area (Å²) in [5.74, 6) is 1.20. The van der Waals surface area contributed by atoms with E-state index in [0.29, 0.717) is 13.0 Å². The van der Waals surface area contributed by atoms with Crippen molar-refractivity contribution in [3.05, 3.63) is 29.3 Å². The lowest BCUT2D eigenvalue weighted by molar-refractivity contribution is 0.288. The van der Waals surface area contributed by atoms with E-state index in [2.05, 4.69) is 10.8 Å². The summed E-state index contributed by atoms with van der Waals surface area (Å²) in [5, 5.41) is 0. The Hall–Kier alpha value is -1.07. The normalized spacial score (nSPS) is 14.7. The Morgan fingerprint density at radius 3 is 3.00 bits per heavy atom. The Morgan fingerprint density at radius 2 is 2.20 bits per heavy atom. The molecule has 1 aliphatic heterocycles. The lowest BCUT2D eigenvalue weighted by Gasteiger charge is -2.17. The number of hydrogen-bond donors (Lipinski definition) is 1. The lowest BCUT2D eigenvalue weighted by atomic mass is 10.0. The van der Waals surface area contributed by atoms with Gasteiger partial charge in [0.05, 0.1) is 12.4 Å². The monoisotopic (exact) mass is 297 g/mol. The fourth-order valence-corrected chi connectivity index (χ4v) is 3.55. The molecular formula is C15H23NO3S. The fourth-order valence-electron chi connectivity index (χ4n) is 2.33. The van der Waals surface area contributed by atoms with Gasteiger partial charge in [-0.3, -0.25) is 0 Å². The number of hydrogen-bond acceptors (Lipinski definition) is 3. The van der Waals surface area contributed by atoms with E-state index in [4.69, 9.17) is 4.74 Å². The van der Waals surface area contributed by atoms with Crippen molar-refractivity contribution in [3.63, 3.8) is 0 Å². The minimum atomic E-state index is -3.11. The number of sulfonamides is 1. The Morgan fingerprint density at radius 1 is 1.35 bits per heavy atom. The maximum absolute atomic E-state index is 11.7. The molecular weight excluding hydrogens is 274 g/mol. The van der Waals surface area contributed by atoms with Gasteiger partial charge in [0.25, 0.3) is 0 Å². The smallest absolute Gasteiger partial charge is 0.211 e. The van der Waals surface area contributed by atoms with Crippen LogP contribution in [-0.2, 0) is 22.9 Å². The highest BCUT2D eigenvalue weighted by Crippen LogP contribution is 2.25. The third-order valence-electron chi connectivity index (χ3n) is 3.48. The first-order chi connectivity index (χ1) is 9.61. The molecule has 0 radical (unpaired) electrons. The van der Waals surface area contributed by atoms with Gasteiger partial charge in [-0.2, -0.15) is 0 Å². The second kappa shape index (κ2) is 7.09. The second-order valence-corrected chi connectivity index (χ2v) is 7.14. The van der Waals surface area contributed by atoms with Crippen LogP contribution in [0.3, 0.4) is 0 Å². The summed E-state index contributed by atoms with van der Waals surface area (Å²) in [7, 11) is -3.11. The zero-order chi connectivity index (χ0) is 14.4. The van der Waals surface area contributed by atoms with Crippen molar-refractivity contribution in [2.45, 2.75) is 39.0 Å². The number of benzene rings is 1. The molecule has 0 bridgehead atoms. The van der Waals surface area contributed by atoms with Gasteiger partial charge in [-0.15, -0.1) is 0 Å². The number of rotatable bonds is 7. The third-order valence-corrected chi connectivity index (χ3v) is 4.95. The summed E-state index contributed by atoms with van der Waals surface area (Å²) in [6.07, 6.45) is 4.43. The predicted molar refractivity (Wildman–Crippen MR) is 80.7 cm³/mol. The van der Waals surface area contributed by atoms with E-state index >= 15 is 0 Å². The topological polar surface area (TPSA) is 55.4 Å². The summed E-state index contributed by atoms with van der Waals surface area (Å²) in [6, 6.07) is 6.15. The van der Waals surface area contributed by atoms with E-state index in [9.17, 15) is 8.42 Å². The number of fused-ring (bicyclic) bond motifs is 1. The van der Waals surface area contributed by atoms with Gasteiger partial charge in [0, 0.05) is 6.54 Å². The van der Waals surface area contributed by atoms with Crippen LogP contribution in [0.25, 0.3) is 0 Å². The minimum absolute atomic E-state index is 0.224. The highest BCUT2D eigenvalue weighted by Gasteiger charge is 2.11. The minimum Gasteiger partial charge on any atom is -0.493 e. The van der Waals surface area contributed by atoms with Crippen LogP contribution in [0.15, 0.2) is 18.2 Å². The molecule has 5 heteroatoms. The molecule has 2 rings (SSSR count). The van der Waals surface area contributed by atoms with Crippen LogP contribution in [0.4, 0.5) is 0 Å². The van der Waals surface area contributed by atoms with Crippen molar-refractivity contribution in [1.82, 2.24) is 4.72 Å². The van der Waals surface area contributed by atoms with Gasteiger partial charge in [-0.05, 0) is 42.9 Å². The first-order valence-electron chi connectivity index (χ1n) is 7.32. The third kappa shape index (κ3) is 4.49. The average Bonchev–Trinajstić information content (AvgIpc) is 2.45. The largest absolute Gasteiger partial charge is 0.493 e. The molecule has 1 aromatic carbocycles. The maximum Gasteiger partial charge on any atom is 0.211 e. The molecule has 0 fully saturated rings. The maximum atomic E-state index is 11.7. The first kappa shape index (κ1) is 15.3. The molecule has 0 unspecified atom stereocenters. The van der Waals surface area contributed by atoms with Gasteiger partial charge < -0.3 is 4.74 Å². The summed E-state index contributed by atoms with van der Waals surface area (Å²) in [4.78, 5) is 0. The van der Waals surface area contributed by atoms with Crippen molar-refractivity contribution in [1.29, 1.82) is 0 Å². The SMILES string of the molecule is CCCCS(=O)(=O)NCCc1ccc2c(c1)CCCO2. The van der Waals surface area contributed by atoms with Crippen LogP contribution in [-0.4, -0.2) is 27.3 Å². The van der Waals surface area contributed by atoms with E-state index in [-0.39, 0.29) is 5.75 Å². The molecule has 0 aromatic heterocycles. The molecule has 1 aliphatic rings. The van der Waals surface area contributed by atoms with E-state index in [1.165, 1.54) is 5.56 Å². The zero-order valence-electron chi connectivity index (χ0n) is 12.0. The van der Waals surface area contributed by atoms with Crippen molar-refractivity contribution in [3.8, 4) is 5.75 Å². The summed E-state index contributed by atoms with van der Waals surface area (Å²) in [5.41, 5.74) is 2.40. The van der Waals surface area contributed by atoms with Crippen LogP contribution < -0.4 is 9.46 Å². The van der Waals surface area contributed by atoms with E-state index in [1.807, 2.05) is 19.1 Å². The van der Waals surface area contributed by atoms with Crippen molar-refractivity contribution in [2.75, 3.05) is 18.9 Å². The van der Waals surface area contributed by atoms with Gasteiger partial charge >= 0.3 is 0 Å². The highest BCUT2D eigenvalue weighted by atomic mass is 32.2. The Kier molecular flexibility index (Phi) is 5.43. The van der Waals surface area contributed by atoms with Crippen molar-refractivity contribution < 1.29 is 13.2 Å². The molecule has 0 saturated carbocycles. The predicted octanol–water partition coefficient (Wildman–Crippen LogP) is 2.27. The summed E-state index contributed by atoms with van der Waals surface area (Å²) < 4.78 is 31.6. The quantitative estimate of drug-likeness (QED) is 0.840. The number of aryl methyl sites for hydroxylation is 1. The van der Waals surface area contributed by atoms with Crippen molar-refractivity contribution in [2.24, 2.45) is 0 Å². The van der Waals surface area contributed by atoms with Gasteiger partial charge in [0.15, 0.2) is 0 Å². The first-order valence-corrected chi connectivity index (χ1v) is 8.98. The molecule has 20 heavy (non-hydrogen) atoms. The van der Waals surface area contributed by atoms with Crippen LogP contribution in [0.2, 0.25) is 0 Å². The number of unbranched alkanes of at least 4 members (excludes halogenated alkanes) is 1. The van der Waals surface area contributed by atoms with Crippen LogP contribution in [0, 0.1) is 0 Å². The summed E-state index contributed by atoms with van der Waals surface area (Å²) >= 11 is 0. The standard InChI is InChI=1S/C15H23NO3S/c1-2-3-11-20(17,18)16-9-8-13-6-7-15-14(12-13)5-4-10-19-15/h6-7,12,16H,2-5,8-11H2,1H3. The number of ether oxygens (including phenoxy) is 1. The molecule has 0 aliphatic carbocycles. The van der Waals surface area contributed by atoms with Crippen LogP contribution in [0.1, 0.15) is 37.3 Å². The lowest BCUT2D eigenvalue weighted by Crippen LogP contribution is -2.28. The van der Waals surface area contributed by atoms with Crippen LogP contribution in [0.5, 0.6) is 5.75 Å². The Balaban J connectivity index is 1.85. The van der Waals surface area contributed by atoms with Crippen molar-refractivity contribution >= 4 is 10.0 Å². The summed E-state index contributed by atoms with van der Waals surface area (Å²) in [6.45, 7) is 3.25. The van der Waals surface area contributed by atoms with Gasteiger partial charge in [0.2, 0.25) is 10.0 Å². The van der Waals surface area contributed by atoms with Gasteiger partial charge in [-0.25, -0.2) is 13.1 Å². The zero-order valence-corrected chi connectivity index (χ0v) is 12.8. The van der Waals surface area contributed by atoms with Gasteiger partial charge in [0.1, 0.15) is 5.75 Å². The molecule has 1 aromatic rings. The Bertz CT molecular complexity index is 540. The molecule has 0 saturated heterocycles. The second-order valence-electron chi connectivity index (χ2n) is 5.21. The van der Waals surface area contributed by atoms with E-state index in [0.717, 1.165) is 43.6 Å². The van der Waals surface area contributed by atoms with Gasteiger partial charge in [-0.1, -0.05) is 25.5 Å².